The van der Waals surface area contributed by atoms with Crippen LogP contribution in [0.5, 0.6) is 0 Å². The predicted molar refractivity (Wildman–Crippen MR) is 111 cm³/mol. The lowest BCUT2D eigenvalue weighted by Gasteiger charge is -2.05. The van der Waals surface area contributed by atoms with Crippen LogP contribution in [0.25, 0.3) is 4.85 Å². The molecule has 0 fully saturated rings. The highest BCUT2D eigenvalue weighted by Gasteiger charge is 2.21. The summed E-state index contributed by atoms with van der Waals surface area (Å²) in [6.07, 6.45) is 0. The van der Waals surface area contributed by atoms with Crippen LogP contribution in [0.3, 0.4) is 0 Å². The molecule has 31 heavy (non-hydrogen) atoms. The van der Waals surface area contributed by atoms with E-state index in [1.807, 2.05) is 0 Å². The summed E-state index contributed by atoms with van der Waals surface area (Å²) in [6, 6.07) is 3.96. The minimum absolute atomic E-state index is 0.0623. The maximum Gasteiger partial charge on any atom is 0.350 e. The fourth-order valence-electron chi connectivity index (χ4n) is 2.27. The third kappa shape index (κ3) is 5.49. The Kier molecular flexibility index (Phi) is 7.53. The van der Waals surface area contributed by atoms with Gasteiger partial charge in [-0.25, -0.2) is 19.4 Å². The summed E-state index contributed by atoms with van der Waals surface area (Å²) in [6.45, 7) is 11.7. The first-order valence-electron chi connectivity index (χ1n) is 8.70. The second-order valence-electron chi connectivity index (χ2n) is 5.83. The maximum atomic E-state index is 12.6. The fraction of sp³-hybridized carbons (Fsp3) is 0.211. The number of amides is 1. The van der Waals surface area contributed by atoms with Crippen LogP contribution in [-0.2, 0) is 9.53 Å². The molecule has 3 N–H and O–H groups in total. The number of carbonyl (C=O) groups excluding carboxylic acids is 2. The van der Waals surface area contributed by atoms with E-state index in [0.29, 0.717) is 5.69 Å². The average Bonchev–Trinajstić information content (AvgIpc) is 3.07. The van der Waals surface area contributed by atoms with Crippen LogP contribution >= 0.6 is 11.3 Å². The number of thiazole rings is 1. The number of anilines is 1. The van der Waals surface area contributed by atoms with Gasteiger partial charge in [0, 0.05) is 0 Å². The molecule has 1 aromatic heterocycles. The Morgan fingerprint density at radius 3 is 2.61 bits per heavy atom. The van der Waals surface area contributed by atoms with Crippen molar-refractivity contribution in [2.75, 3.05) is 11.9 Å². The zero-order valence-electron chi connectivity index (χ0n) is 16.7. The highest BCUT2D eigenvalue weighted by atomic mass is 32.1. The van der Waals surface area contributed by atoms with Gasteiger partial charge >= 0.3 is 11.9 Å². The van der Waals surface area contributed by atoms with Crippen LogP contribution in [0, 0.1) is 13.5 Å². The lowest BCUT2D eigenvalue weighted by molar-refractivity contribution is -0.113. The molecule has 0 saturated carbocycles. The normalized spacial score (nSPS) is 11.5. The van der Waals surface area contributed by atoms with Gasteiger partial charge in [0.25, 0.3) is 5.91 Å². The minimum atomic E-state index is -1.33. The van der Waals surface area contributed by atoms with Gasteiger partial charge in [0.1, 0.15) is 16.3 Å². The first-order chi connectivity index (χ1) is 14.7. The summed E-state index contributed by atoms with van der Waals surface area (Å²) in [7, 11) is 0. The van der Waals surface area contributed by atoms with Gasteiger partial charge in [-0.1, -0.05) is 23.5 Å². The molecule has 0 spiro atoms. The maximum absolute atomic E-state index is 12.6. The van der Waals surface area contributed by atoms with Gasteiger partial charge in [-0.05, 0) is 26.8 Å². The summed E-state index contributed by atoms with van der Waals surface area (Å²) in [5.41, 5.74) is -0.813. The Labute approximate surface area is 180 Å². The SMILES string of the molecule is [C-]#[N+]c1cccc(C(=O)O)c1N=N/C(C(=O)Nc1nc(C)c(C(=O)OCC)s1)=C(\C)O. The number of hydrogen-bond donors (Lipinski definition) is 3. The number of ether oxygens (including phenoxy) is 1. The first-order valence-corrected chi connectivity index (χ1v) is 9.52. The number of allylic oxidation sites excluding steroid dienone is 1. The van der Waals surface area contributed by atoms with E-state index >= 15 is 0 Å². The molecular weight excluding hydrogens is 426 g/mol. The van der Waals surface area contributed by atoms with Crippen molar-refractivity contribution >= 4 is 45.7 Å². The Morgan fingerprint density at radius 1 is 1.32 bits per heavy atom. The molecule has 0 unspecified atom stereocenters. The molecule has 0 saturated heterocycles. The zero-order valence-corrected chi connectivity index (χ0v) is 17.5. The number of aryl methyl sites for hydroxylation is 1. The number of benzene rings is 1. The molecule has 1 amide bonds. The molecule has 0 bridgehead atoms. The molecular formula is C19H17N5O6S. The summed E-state index contributed by atoms with van der Waals surface area (Å²) in [4.78, 5) is 43.3. The lowest BCUT2D eigenvalue weighted by Crippen LogP contribution is -2.14. The number of carbonyl (C=O) groups is 3. The topological polar surface area (TPSA) is 155 Å². The Morgan fingerprint density at radius 2 is 2.03 bits per heavy atom. The van der Waals surface area contributed by atoms with E-state index in [4.69, 9.17) is 11.3 Å². The third-order valence-electron chi connectivity index (χ3n) is 3.65. The van der Waals surface area contributed by atoms with Crippen molar-refractivity contribution in [3.8, 4) is 0 Å². The van der Waals surface area contributed by atoms with Crippen LogP contribution in [0.1, 0.15) is 39.6 Å². The van der Waals surface area contributed by atoms with E-state index in [9.17, 15) is 24.6 Å². The van der Waals surface area contributed by atoms with Crippen LogP contribution in [0.2, 0.25) is 0 Å². The molecule has 0 aliphatic heterocycles. The van der Waals surface area contributed by atoms with Crippen LogP contribution in [0.4, 0.5) is 16.5 Å². The Hall–Kier alpha value is -4.11. The molecule has 0 radical (unpaired) electrons. The zero-order chi connectivity index (χ0) is 23.1. The number of nitrogens with zero attached hydrogens (tertiary/aromatic N) is 4. The second kappa shape index (κ2) is 10.1. The summed E-state index contributed by atoms with van der Waals surface area (Å²) in [5, 5.41) is 29.0. The number of nitrogens with one attached hydrogen (secondary N) is 1. The first kappa shape index (κ1) is 23.2. The number of carboxylic acid groups (broad SMARTS) is 1. The van der Waals surface area contributed by atoms with Crippen molar-refractivity contribution in [1.82, 2.24) is 4.98 Å². The Bertz CT molecular complexity index is 1140. The van der Waals surface area contributed by atoms with E-state index in [1.54, 1.807) is 13.8 Å². The number of aliphatic hydroxyl groups is 1. The van der Waals surface area contributed by atoms with Gasteiger partial charge in [0.05, 0.1) is 24.4 Å². The number of rotatable bonds is 7. The summed E-state index contributed by atoms with van der Waals surface area (Å²) >= 11 is 0.880. The monoisotopic (exact) mass is 443 g/mol. The largest absolute Gasteiger partial charge is 0.510 e. The quantitative estimate of drug-likeness (QED) is 0.188. The Balaban J connectivity index is 2.34. The van der Waals surface area contributed by atoms with Crippen LogP contribution in [0.15, 0.2) is 39.9 Å². The number of esters is 1. The molecule has 0 aliphatic carbocycles. The smallest absolute Gasteiger partial charge is 0.350 e. The van der Waals surface area contributed by atoms with Gasteiger partial charge in [-0.15, -0.1) is 5.11 Å². The van der Waals surface area contributed by atoms with Crippen molar-refractivity contribution < 1.29 is 29.3 Å². The molecule has 160 valence electrons. The molecule has 0 atom stereocenters. The van der Waals surface area contributed by atoms with Crippen molar-refractivity contribution in [2.24, 2.45) is 10.2 Å². The third-order valence-corrected chi connectivity index (χ3v) is 4.70. The van der Waals surface area contributed by atoms with Gasteiger partial charge in [0.2, 0.25) is 5.69 Å². The van der Waals surface area contributed by atoms with Crippen LogP contribution < -0.4 is 5.32 Å². The van der Waals surface area contributed by atoms with Gasteiger partial charge in [0.15, 0.2) is 10.8 Å². The molecule has 12 heteroatoms. The number of aromatic carboxylic acids is 1. The van der Waals surface area contributed by atoms with E-state index in [2.05, 4.69) is 25.4 Å². The minimum Gasteiger partial charge on any atom is -0.510 e. The van der Waals surface area contributed by atoms with Gasteiger partial charge < -0.3 is 14.9 Å². The highest BCUT2D eigenvalue weighted by Crippen LogP contribution is 2.33. The van der Waals surface area contributed by atoms with E-state index in [-0.39, 0.29) is 33.6 Å². The van der Waals surface area contributed by atoms with Crippen molar-refractivity contribution in [2.45, 2.75) is 20.8 Å². The van der Waals surface area contributed by atoms with Gasteiger partial charge in [-0.2, -0.15) is 5.11 Å². The predicted octanol–water partition coefficient (Wildman–Crippen LogP) is 4.39. The molecule has 11 nitrogen and oxygen atoms in total. The molecule has 1 heterocycles. The highest BCUT2D eigenvalue weighted by molar-refractivity contribution is 7.17. The van der Waals surface area contributed by atoms with Crippen LogP contribution in [-0.4, -0.2) is 39.6 Å². The molecule has 2 aromatic rings. The molecule has 0 aliphatic rings. The van der Waals surface area contributed by atoms with Gasteiger partial charge in [-0.3, -0.25) is 10.1 Å². The number of carboxylic acids is 1. The number of azo groups is 1. The van der Waals surface area contributed by atoms with Crippen molar-refractivity contribution in [1.29, 1.82) is 0 Å². The van der Waals surface area contributed by atoms with Crippen molar-refractivity contribution in [3.63, 3.8) is 0 Å². The van der Waals surface area contributed by atoms with E-state index in [1.165, 1.54) is 25.1 Å². The standard InChI is InChI=1S/C19H17N5O6S/c1-5-30-18(29)15-9(2)21-19(31-15)22-16(26)13(10(3)25)23-24-14-11(17(27)28)7-6-8-12(14)20-4/h6-8,25H,5H2,1-3H3,(H,27,28)(H,21,22,26)/b13-10+,24-23?. The lowest BCUT2D eigenvalue weighted by atomic mass is 10.1. The number of aliphatic hydroxyl groups excluding tert-OH is 1. The fourth-order valence-corrected chi connectivity index (χ4v) is 3.13. The van der Waals surface area contributed by atoms with E-state index < -0.39 is 29.3 Å². The number of hydrogen-bond acceptors (Lipinski definition) is 9. The average molecular weight is 443 g/mol. The van der Waals surface area contributed by atoms with E-state index in [0.717, 1.165) is 11.3 Å². The molecule has 1 aromatic carbocycles. The second-order valence-corrected chi connectivity index (χ2v) is 6.83. The summed E-state index contributed by atoms with van der Waals surface area (Å²) in [5.74, 6) is -3.31. The number of aromatic nitrogens is 1. The van der Waals surface area contributed by atoms with Crippen molar-refractivity contribution in [3.05, 3.63) is 57.2 Å². The summed E-state index contributed by atoms with van der Waals surface area (Å²) < 4.78 is 4.92. The molecule has 2 rings (SSSR count).